The van der Waals surface area contributed by atoms with Gasteiger partial charge in [0, 0.05) is 48.0 Å². The third kappa shape index (κ3) is 13.7. The lowest BCUT2D eigenvalue weighted by atomic mass is 10.2. The Balaban J connectivity index is 0.00000676. The SMILES string of the molecule is CN=C(NCCCCOCCOC)NCC(C)(C)Sc1ccc(Br)cc1.I. The van der Waals surface area contributed by atoms with Gasteiger partial charge >= 0.3 is 0 Å². The highest BCUT2D eigenvalue weighted by Crippen LogP contribution is 2.32. The molecule has 1 aromatic rings. The summed E-state index contributed by atoms with van der Waals surface area (Å²) in [4.78, 5) is 5.56. The first-order chi connectivity index (χ1) is 12.5. The number of rotatable bonds is 12. The standard InChI is InChI=1S/C19H32BrN3O2S.HI/c1-19(2,26-17-9-7-16(20)8-10-17)15-23-18(21-3)22-11-5-6-12-25-14-13-24-4;/h7-10H,5-6,11-15H2,1-4H3,(H2,21,22,23);1H. The summed E-state index contributed by atoms with van der Waals surface area (Å²) in [6, 6.07) is 8.42. The van der Waals surface area contributed by atoms with E-state index in [1.807, 2.05) is 11.8 Å². The molecule has 0 bridgehead atoms. The fourth-order valence-electron chi connectivity index (χ4n) is 2.16. The molecule has 156 valence electrons. The number of aliphatic imine (C=N–C) groups is 1. The van der Waals surface area contributed by atoms with Gasteiger partial charge in [0.1, 0.15) is 0 Å². The zero-order chi connectivity index (χ0) is 19.3. The predicted molar refractivity (Wildman–Crippen MR) is 131 cm³/mol. The Bertz CT molecular complexity index is 530. The minimum absolute atomic E-state index is 0. The van der Waals surface area contributed by atoms with Crippen LogP contribution in [0, 0.1) is 0 Å². The number of halogens is 2. The van der Waals surface area contributed by atoms with Gasteiger partial charge in [-0.1, -0.05) is 15.9 Å². The minimum atomic E-state index is 0. The summed E-state index contributed by atoms with van der Waals surface area (Å²) in [7, 11) is 3.49. The van der Waals surface area contributed by atoms with Crippen molar-refractivity contribution in [2.45, 2.75) is 36.3 Å². The normalized spacial score (nSPS) is 11.8. The van der Waals surface area contributed by atoms with E-state index in [2.05, 4.69) is 69.7 Å². The number of thioether (sulfide) groups is 1. The third-order valence-corrected chi connectivity index (χ3v) is 5.29. The Morgan fingerprint density at radius 1 is 1.11 bits per heavy atom. The molecule has 27 heavy (non-hydrogen) atoms. The fourth-order valence-corrected chi connectivity index (χ4v) is 3.47. The molecule has 0 heterocycles. The maximum absolute atomic E-state index is 5.46. The molecule has 0 unspecified atom stereocenters. The molecule has 0 aliphatic carbocycles. The predicted octanol–water partition coefficient (Wildman–Crippen LogP) is 4.55. The summed E-state index contributed by atoms with van der Waals surface area (Å²) in [5.74, 6) is 0.842. The quantitative estimate of drug-likeness (QED) is 0.126. The van der Waals surface area contributed by atoms with Crippen LogP contribution in [-0.4, -0.2) is 57.8 Å². The lowest BCUT2D eigenvalue weighted by Gasteiger charge is -2.25. The van der Waals surface area contributed by atoms with Crippen molar-refractivity contribution < 1.29 is 9.47 Å². The highest BCUT2D eigenvalue weighted by molar-refractivity contribution is 14.0. The molecular formula is C19H33BrIN3O2S. The van der Waals surface area contributed by atoms with Crippen molar-refractivity contribution in [3.05, 3.63) is 28.7 Å². The van der Waals surface area contributed by atoms with E-state index in [1.165, 1.54) is 4.90 Å². The van der Waals surface area contributed by atoms with Crippen molar-refractivity contribution in [1.82, 2.24) is 10.6 Å². The van der Waals surface area contributed by atoms with Crippen molar-refractivity contribution in [3.8, 4) is 0 Å². The molecule has 0 radical (unpaired) electrons. The van der Waals surface area contributed by atoms with Gasteiger partial charge in [-0.25, -0.2) is 0 Å². The summed E-state index contributed by atoms with van der Waals surface area (Å²) in [6.07, 6.45) is 2.07. The van der Waals surface area contributed by atoms with Gasteiger partial charge in [-0.15, -0.1) is 35.7 Å². The van der Waals surface area contributed by atoms with Crippen molar-refractivity contribution >= 4 is 57.6 Å². The van der Waals surface area contributed by atoms with Crippen LogP contribution < -0.4 is 10.6 Å². The van der Waals surface area contributed by atoms with Crippen LogP contribution in [0.5, 0.6) is 0 Å². The molecule has 0 saturated heterocycles. The monoisotopic (exact) mass is 573 g/mol. The molecular weight excluding hydrogens is 541 g/mol. The van der Waals surface area contributed by atoms with E-state index in [0.717, 1.165) is 43.0 Å². The highest BCUT2D eigenvalue weighted by Gasteiger charge is 2.19. The molecule has 0 aromatic heterocycles. The first kappa shape index (κ1) is 27.0. The number of hydrogen-bond donors (Lipinski definition) is 2. The Hall–Kier alpha value is -0.0300. The average molecular weight is 574 g/mol. The highest BCUT2D eigenvalue weighted by atomic mass is 127. The van der Waals surface area contributed by atoms with Gasteiger partial charge in [0.2, 0.25) is 0 Å². The zero-order valence-corrected chi connectivity index (χ0v) is 21.5. The Morgan fingerprint density at radius 3 is 2.44 bits per heavy atom. The van der Waals surface area contributed by atoms with Gasteiger partial charge in [0.15, 0.2) is 5.96 Å². The summed E-state index contributed by atoms with van der Waals surface area (Å²) < 4.78 is 11.6. The minimum Gasteiger partial charge on any atom is -0.382 e. The number of ether oxygens (including phenoxy) is 2. The van der Waals surface area contributed by atoms with Crippen molar-refractivity contribution in [3.63, 3.8) is 0 Å². The topological polar surface area (TPSA) is 54.9 Å². The molecule has 0 amide bonds. The first-order valence-electron chi connectivity index (χ1n) is 8.92. The average Bonchev–Trinajstić information content (AvgIpc) is 2.61. The fraction of sp³-hybridized carbons (Fsp3) is 0.632. The van der Waals surface area contributed by atoms with Crippen LogP contribution in [0.1, 0.15) is 26.7 Å². The summed E-state index contributed by atoms with van der Waals surface area (Å²) in [5.41, 5.74) is 0. The van der Waals surface area contributed by atoms with E-state index < -0.39 is 0 Å². The number of guanidine groups is 1. The molecule has 2 N–H and O–H groups in total. The number of benzene rings is 1. The molecule has 0 atom stereocenters. The summed E-state index contributed by atoms with van der Waals surface area (Å²) >= 11 is 5.33. The second-order valence-corrected chi connectivity index (χ2v) is 9.18. The van der Waals surface area contributed by atoms with Crippen molar-refractivity contribution in [2.75, 3.05) is 47.1 Å². The zero-order valence-electron chi connectivity index (χ0n) is 16.7. The van der Waals surface area contributed by atoms with Crippen molar-refractivity contribution in [2.24, 2.45) is 4.99 Å². The third-order valence-electron chi connectivity index (χ3n) is 3.55. The lowest BCUT2D eigenvalue weighted by molar-refractivity contribution is 0.0689. The van der Waals surface area contributed by atoms with Crippen LogP contribution >= 0.6 is 51.7 Å². The van der Waals surface area contributed by atoms with Crippen molar-refractivity contribution in [1.29, 1.82) is 0 Å². The van der Waals surface area contributed by atoms with Crippen LogP contribution in [-0.2, 0) is 9.47 Å². The molecule has 0 saturated carbocycles. The van der Waals surface area contributed by atoms with Gasteiger partial charge in [-0.05, 0) is 51.0 Å². The van der Waals surface area contributed by atoms with Crippen LogP contribution in [0.25, 0.3) is 0 Å². The van der Waals surface area contributed by atoms with Crippen LogP contribution in [0.15, 0.2) is 38.6 Å². The number of nitrogens with one attached hydrogen (secondary N) is 2. The number of unbranched alkanes of at least 4 members (excludes halogenated alkanes) is 1. The molecule has 1 rings (SSSR count). The largest absolute Gasteiger partial charge is 0.382 e. The van der Waals surface area contributed by atoms with E-state index in [4.69, 9.17) is 9.47 Å². The molecule has 1 aromatic carbocycles. The van der Waals surface area contributed by atoms with Gasteiger partial charge in [0.25, 0.3) is 0 Å². The van der Waals surface area contributed by atoms with E-state index in [-0.39, 0.29) is 28.7 Å². The lowest BCUT2D eigenvalue weighted by Crippen LogP contribution is -2.43. The Morgan fingerprint density at radius 2 is 1.81 bits per heavy atom. The van der Waals surface area contributed by atoms with Gasteiger partial charge < -0.3 is 20.1 Å². The van der Waals surface area contributed by atoms with E-state index in [9.17, 15) is 0 Å². The van der Waals surface area contributed by atoms with Gasteiger partial charge in [0.05, 0.1) is 13.2 Å². The molecule has 8 heteroatoms. The molecule has 0 aliphatic heterocycles. The molecule has 0 aliphatic rings. The second kappa shape index (κ2) is 15.8. The Kier molecular flexibility index (Phi) is 15.8. The molecule has 0 fully saturated rings. The molecule has 5 nitrogen and oxygen atoms in total. The van der Waals surface area contributed by atoms with E-state index >= 15 is 0 Å². The van der Waals surface area contributed by atoms with Gasteiger partial charge in [-0.2, -0.15) is 0 Å². The van der Waals surface area contributed by atoms with Crippen LogP contribution in [0.4, 0.5) is 0 Å². The molecule has 0 spiro atoms. The number of hydrogen-bond acceptors (Lipinski definition) is 4. The van der Waals surface area contributed by atoms with E-state index in [1.54, 1.807) is 14.2 Å². The second-order valence-electron chi connectivity index (χ2n) is 6.48. The Labute approximate surface area is 194 Å². The van der Waals surface area contributed by atoms with Gasteiger partial charge in [-0.3, -0.25) is 4.99 Å². The summed E-state index contributed by atoms with van der Waals surface area (Å²) in [5, 5.41) is 6.78. The first-order valence-corrected chi connectivity index (χ1v) is 10.5. The maximum atomic E-state index is 5.46. The number of methoxy groups -OCH3 is 1. The van der Waals surface area contributed by atoms with E-state index in [0.29, 0.717) is 13.2 Å². The number of nitrogens with zero attached hydrogens (tertiary/aromatic N) is 1. The smallest absolute Gasteiger partial charge is 0.191 e. The van der Waals surface area contributed by atoms with Crippen LogP contribution in [0.2, 0.25) is 0 Å². The summed E-state index contributed by atoms with van der Waals surface area (Å²) in [6.45, 7) is 8.27. The van der Waals surface area contributed by atoms with Crippen LogP contribution in [0.3, 0.4) is 0 Å². The maximum Gasteiger partial charge on any atom is 0.191 e.